The van der Waals surface area contributed by atoms with Crippen LogP contribution < -0.4 is 9.64 Å². The highest BCUT2D eigenvalue weighted by atomic mass is 16.5. The number of carbonyl (C=O) groups is 2. The molecule has 0 aliphatic carbocycles. The van der Waals surface area contributed by atoms with Crippen LogP contribution in [0.3, 0.4) is 0 Å². The van der Waals surface area contributed by atoms with Crippen molar-refractivity contribution in [2.45, 2.75) is 19.9 Å². The number of aliphatic hydroxyl groups is 1. The Morgan fingerprint density at radius 3 is 2.37 bits per heavy atom. The Labute approximate surface area is 203 Å². The van der Waals surface area contributed by atoms with Gasteiger partial charge in [-0.05, 0) is 60.0 Å². The molecule has 1 N–H and O–H groups in total. The molecule has 1 saturated heterocycles. The zero-order valence-corrected chi connectivity index (χ0v) is 19.6. The summed E-state index contributed by atoms with van der Waals surface area (Å²) >= 11 is 0. The normalized spacial score (nSPS) is 17.2. The average molecular weight is 464 g/mol. The van der Waals surface area contributed by atoms with Crippen LogP contribution in [0, 0.1) is 6.92 Å². The summed E-state index contributed by atoms with van der Waals surface area (Å²) in [6.45, 7) is 4.37. The molecule has 1 fully saturated rings. The van der Waals surface area contributed by atoms with E-state index in [1.54, 1.807) is 12.1 Å². The average Bonchev–Trinajstić information content (AvgIpc) is 3.14. The SMILES string of the molecule is CCOc1ccc(C2/C(=C(/O)c3cccc4ccccc34)C(=O)C(=O)N2c2cccc(C)c2)cc1. The molecule has 4 aromatic carbocycles. The number of rotatable bonds is 5. The minimum Gasteiger partial charge on any atom is -0.507 e. The Balaban J connectivity index is 1.74. The summed E-state index contributed by atoms with van der Waals surface area (Å²) in [7, 11) is 0. The number of aliphatic hydroxyl groups excluding tert-OH is 1. The number of aryl methyl sites for hydroxylation is 1. The van der Waals surface area contributed by atoms with Gasteiger partial charge >= 0.3 is 0 Å². The van der Waals surface area contributed by atoms with E-state index in [4.69, 9.17) is 4.74 Å². The first-order valence-electron chi connectivity index (χ1n) is 11.6. The van der Waals surface area contributed by atoms with Crippen LogP contribution >= 0.6 is 0 Å². The summed E-state index contributed by atoms with van der Waals surface area (Å²) in [6, 6.07) is 27.2. The molecule has 1 aliphatic rings. The number of nitrogens with zero attached hydrogens (tertiary/aromatic N) is 1. The van der Waals surface area contributed by atoms with Crippen molar-refractivity contribution in [2.24, 2.45) is 0 Å². The predicted molar refractivity (Wildman–Crippen MR) is 138 cm³/mol. The van der Waals surface area contributed by atoms with Crippen LogP contribution in [-0.2, 0) is 9.59 Å². The molecule has 1 aliphatic heterocycles. The van der Waals surface area contributed by atoms with Crippen LogP contribution in [0.5, 0.6) is 5.75 Å². The van der Waals surface area contributed by atoms with E-state index in [9.17, 15) is 14.7 Å². The molecule has 0 spiro atoms. The smallest absolute Gasteiger partial charge is 0.300 e. The number of hydrogen-bond donors (Lipinski definition) is 1. The summed E-state index contributed by atoms with van der Waals surface area (Å²) in [5.41, 5.74) is 2.85. The fraction of sp³-hybridized carbons (Fsp3) is 0.133. The molecule has 35 heavy (non-hydrogen) atoms. The first-order chi connectivity index (χ1) is 17.0. The quantitative estimate of drug-likeness (QED) is 0.218. The number of anilines is 1. The Morgan fingerprint density at radius 2 is 1.63 bits per heavy atom. The standard InChI is InChI=1S/C30H25NO4/c1-3-35-23-16-14-21(15-17-23)27-26(28(32)25-13-7-10-20-9-4-5-12-24(20)25)29(33)30(34)31(27)22-11-6-8-19(2)18-22/h4-18,27,32H,3H2,1-2H3/b28-26-. The number of benzene rings is 4. The summed E-state index contributed by atoms with van der Waals surface area (Å²) < 4.78 is 5.58. The second-order valence-corrected chi connectivity index (χ2v) is 8.54. The highest BCUT2D eigenvalue weighted by molar-refractivity contribution is 6.51. The molecule has 174 valence electrons. The van der Waals surface area contributed by atoms with Crippen molar-refractivity contribution in [1.82, 2.24) is 0 Å². The lowest BCUT2D eigenvalue weighted by atomic mass is 9.93. The van der Waals surface area contributed by atoms with Crippen LogP contribution in [0.2, 0.25) is 0 Å². The number of amides is 1. The zero-order valence-electron chi connectivity index (χ0n) is 19.6. The van der Waals surface area contributed by atoms with Gasteiger partial charge in [0.15, 0.2) is 0 Å². The molecular formula is C30H25NO4. The molecule has 1 heterocycles. The maximum Gasteiger partial charge on any atom is 0.300 e. The highest BCUT2D eigenvalue weighted by Gasteiger charge is 2.47. The van der Waals surface area contributed by atoms with Gasteiger partial charge in [0.1, 0.15) is 11.5 Å². The number of hydrogen-bond acceptors (Lipinski definition) is 4. The van der Waals surface area contributed by atoms with E-state index >= 15 is 0 Å². The van der Waals surface area contributed by atoms with Crippen LogP contribution in [0.25, 0.3) is 16.5 Å². The van der Waals surface area contributed by atoms with Crippen molar-refractivity contribution in [3.63, 3.8) is 0 Å². The van der Waals surface area contributed by atoms with Gasteiger partial charge in [0.25, 0.3) is 11.7 Å². The van der Waals surface area contributed by atoms with Crippen molar-refractivity contribution in [2.75, 3.05) is 11.5 Å². The summed E-state index contributed by atoms with van der Waals surface area (Å²) in [5, 5.41) is 13.3. The van der Waals surface area contributed by atoms with Crippen LogP contribution in [0.15, 0.2) is 96.6 Å². The number of fused-ring (bicyclic) bond motifs is 1. The number of ether oxygens (including phenoxy) is 1. The minimum absolute atomic E-state index is 0.0667. The van der Waals surface area contributed by atoms with Gasteiger partial charge in [-0.15, -0.1) is 0 Å². The van der Waals surface area contributed by atoms with Crippen molar-refractivity contribution in [3.05, 3.63) is 113 Å². The molecule has 1 amide bonds. The van der Waals surface area contributed by atoms with Crippen LogP contribution in [-0.4, -0.2) is 23.4 Å². The largest absolute Gasteiger partial charge is 0.507 e. The summed E-state index contributed by atoms with van der Waals surface area (Å²) in [4.78, 5) is 28.3. The maximum absolute atomic E-state index is 13.4. The van der Waals surface area contributed by atoms with Gasteiger partial charge in [-0.3, -0.25) is 14.5 Å². The van der Waals surface area contributed by atoms with Crippen molar-refractivity contribution in [3.8, 4) is 5.75 Å². The third-order valence-electron chi connectivity index (χ3n) is 6.28. The first kappa shape index (κ1) is 22.4. The van der Waals surface area contributed by atoms with Gasteiger partial charge in [-0.2, -0.15) is 0 Å². The molecule has 0 aromatic heterocycles. The Bertz CT molecular complexity index is 1460. The third kappa shape index (κ3) is 3.95. The van der Waals surface area contributed by atoms with Gasteiger partial charge in [0.05, 0.1) is 18.2 Å². The Morgan fingerprint density at radius 1 is 0.914 bits per heavy atom. The Hall–Kier alpha value is -4.38. The molecule has 1 atom stereocenters. The van der Waals surface area contributed by atoms with E-state index in [1.165, 1.54) is 4.90 Å². The molecule has 0 saturated carbocycles. The number of Topliss-reactive ketones (excluding diaryl/α,β-unsaturated/α-hetero) is 1. The van der Waals surface area contributed by atoms with Crippen LogP contribution in [0.4, 0.5) is 5.69 Å². The van der Waals surface area contributed by atoms with Gasteiger partial charge < -0.3 is 9.84 Å². The second-order valence-electron chi connectivity index (χ2n) is 8.54. The number of carbonyl (C=O) groups excluding carboxylic acids is 2. The van der Waals surface area contributed by atoms with E-state index < -0.39 is 17.7 Å². The molecule has 1 unspecified atom stereocenters. The summed E-state index contributed by atoms with van der Waals surface area (Å²) in [6.07, 6.45) is 0. The van der Waals surface area contributed by atoms with E-state index in [0.29, 0.717) is 29.2 Å². The first-order valence-corrected chi connectivity index (χ1v) is 11.6. The summed E-state index contributed by atoms with van der Waals surface area (Å²) in [5.74, 6) is -0.876. The lowest BCUT2D eigenvalue weighted by Gasteiger charge is -2.26. The molecule has 4 aromatic rings. The fourth-order valence-electron chi connectivity index (χ4n) is 4.68. The molecule has 5 rings (SSSR count). The van der Waals surface area contributed by atoms with Gasteiger partial charge in [-0.1, -0.05) is 66.7 Å². The molecular weight excluding hydrogens is 438 g/mol. The lowest BCUT2D eigenvalue weighted by molar-refractivity contribution is -0.132. The van der Waals surface area contributed by atoms with E-state index in [1.807, 2.05) is 92.7 Å². The van der Waals surface area contributed by atoms with E-state index in [-0.39, 0.29) is 11.3 Å². The highest BCUT2D eigenvalue weighted by Crippen LogP contribution is 2.43. The Kier molecular flexibility index (Phi) is 5.83. The molecule has 5 heteroatoms. The van der Waals surface area contributed by atoms with Gasteiger partial charge in [-0.25, -0.2) is 0 Å². The molecule has 0 radical (unpaired) electrons. The fourth-order valence-corrected chi connectivity index (χ4v) is 4.68. The molecule has 0 bridgehead atoms. The second kappa shape index (κ2) is 9.11. The number of ketones is 1. The van der Waals surface area contributed by atoms with Crippen molar-refractivity contribution in [1.29, 1.82) is 0 Å². The molecule has 5 nitrogen and oxygen atoms in total. The van der Waals surface area contributed by atoms with Gasteiger partial charge in [0, 0.05) is 11.3 Å². The van der Waals surface area contributed by atoms with Crippen molar-refractivity contribution < 1.29 is 19.4 Å². The van der Waals surface area contributed by atoms with Gasteiger partial charge in [0.2, 0.25) is 0 Å². The maximum atomic E-state index is 13.4. The minimum atomic E-state index is -0.786. The van der Waals surface area contributed by atoms with Crippen molar-refractivity contribution >= 4 is 33.9 Å². The van der Waals surface area contributed by atoms with Crippen LogP contribution in [0.1, 0.15) is 29.7 Å². The monoisotopic (exact) mass is 463 g/mol. The zero-order chi connectivity index (χ0) is 24.5. The van der Waals surface area contributed by atoms with E-state index in [2.05, 4.69) is 0 Å². The predicted octanol–water partition coefficient (Wildman–Crippen LogP) is 6.17. The van der Waals surface area contributed by atoms with E-state index in [0.717, 1.165) is 16.3 Å². The third-order valence-corrected chi connectivity index (χ3v) is 6.28. The lowest BCUT2D eigenvalue weighted by Crippen LogP contribution is -2.29. The topological polar surface area (TPSA) is 66.8 Å².